The molecule has 0 saturated carbocycles. The van der Waals surface area contributed by atoms with E-state index in [1.807, 2.05) is 11.3 Å². The lowest BCUT2D eigenvalue weighted by molar-refractivity contribution is 0.296. The summed E-state index contributed by atoms with van der Waals surface area (Å²) in [5.74, 6) is 1.76. The second-order valence-corrected chi connectivity index (χ2v) is 6.99. The number of nitrogens with zero attached hydrogens (tertiary/aromatic N) is 1. The Balaban J connectivity index is 1.77. The molecule has 2 aromatic heterocycles. The van der Waals surface area contributed by atoms with Crippen LogP contribution in [0.15, 0.2) is 34.3 Å². The lowest BCUT2D eigenvalue weighted by atomic mass is 10.2. The smallest absolute Gasteiger partial charge is 0.122 e. The molecule has 0 unspecified atom stereocenters. The van der Waals surface area contributed by atoms with Crippen LogP contribution in [0.1, 0.15) is 30.0 Å². The van der Waals surface area contributed by atoms with Gasteiger partial charge in [0.1, 0.15) is 5.76 Å². The maximum absolute atomic E-state index is 5.65. The van der Waals surface area contributed by atoms with Gasteiger partial charge in [0.25, 0.3) is 0 Å². The predicted octanol–water partition coefficient (Wildman–Crippen LogP) is 3.76. The van der Waals surface area contributed by atoms with Gasteiger partial charge in [-0.3, -0.25) is 4.90 Å². The molecule has 4 heteroatoms. The van der Waals surface area contributed by atoms with E-state index >= 15 is 0 Å². The van der Waals surface area contributed by atoms with Crippen molar-refractivity contribution >= 4 is 11.3 Å². The maximum atomic E-state index is 5.65. The zero-order valence-corrected chi connectivity index (χ0v) is 14.1. The third kappa shape index (κ3) is 5.65. The maximum Gasteiger partial charge on any atom is 0.122 e. The summed E-state index contributed by atoms with van der Waals surface area (Å²) in [5.41, 5.74) is 1.28. The van der Waals surface area contributed by atoms with Crippen LogP contribution >= 0.6 is 11.3 Å². The molecule has 21 heavy (non-hydrogen) atoms. The minimum atomic E-state index is 0.675. The topological polar surface area (TPSA) is 28.4 Å². The number of thiophene rings is 1. The zero-order valence-electron chi connectivity index (χ0n) is 13.3. The summed E-state index contributed by atoms with van der Waals surface area (Å²) >= 11 is 1.83. The van der Waals surface area contributed by atoms with Crippen molar-refractivity contribution in [2.75, 3.05) is 20.1 Å². The van der Waals surface area contributed by atoms with E-state index in [1.165, 1.54) is 10.4 Å². The van der Waals surface area contributed by atoms with Crippen molar-refractivity contribution < 1.29 is 4.42 Å². The molecule has 0 bridgehead atoms. The molecule has 0 aromatic carbocycles. The standard InChI is InChI=1S/C17H26N2OS/c1-14(2)11-18-12-15-7-9-20-17(15)13-19(3)8-6-16-5-4-10-21-16/h4-5,7,9-10,14,18H,6,8,11-13H2,1-3H3. The fourth-order valence-corrected chi connectivity index (χ4v) is 2.94. The SMILES string of the molecule is CC(C)CNCc1ccoc1CN(C)CCc1cccs1. The first-order chi connectivity index (χ1) is 10.1. The Kier molecular flexibility index (Phi) is 6.49. The van der Waals surface area contributed by atoms with E-state index in [-0.39, 0.29) is 0 Å². The van der Waals surface area contributed by atoms with E-state index in [0.717, 1.165) is 38.4 Å². The first-order valence-electron chi connectivity index (χ1n) is 7.62. The fourth-order valence-electron chi connectivity index (χ4n) is 2.24. The van der Waals surface area contributed by atoms with Crippen LogP contribution in [-0.4, -0.2) is 25.0 Å². The molecule has 0 aliphatic rings. The highest BCUT2D eigenvalue weighted by atomic mass is 32.1. The number of furan rings is 1. The zero-order chi connectivity index (χ0) is 15.1. The van der Waals surface area contributed by atoms with Crippen LogP contribution in [-0.2, 0) is 19.5 Å². The first kappa shape index (κ1) is 16.3. The lowest BCUT2D eigenvalue weighted by Crippen LogP contribution is -2.23. The Bertz CT molecular complexity index is 505. The van der Waals surface area contributed by atoms with Crippen LogP contribution in [0.25, 0.3) is 0 Å². The van der Waals surface area contributed by atoms with E-state index in [2.05, 4.69) is 54.7 Å². The first-order valence-corrected chi connectivity index (χ1v) is 8.50. The Morgan fingerprint density at radius 1 is 1.33 bits per heavy atom. The van der Waals surface area contributed by atoms with Gasteiger partial charge in [-0.15, -0.1) is 11.3 Å². The molecule has 0 spiro atoms. The molecule has 0 atom stereocenters. The number of hydrogen-bond donors (Lipinski definition) is 1. The lowest BCUT2D eigenvalue weighted by Gasteiger charge is -2.16. The Morgan fingerprint density at radius 2 is 2.19 bits per heavy atom. The van der Waals surface area contributed by atoms with E-state index < -0.39 is 0 Å². The molecule has 2 heterocycles. The predicted molar refractivity (Wildman–Crippen MR) is 89.6 cm³/mol. The molecule has 3 nitrogen and oxygen atoms in total. The second kappa shape index (κ2) is 8.37. The normalized spacial score (nSPS) is 11.7. The highest BCUT2D eigenvalue weighted by Crippen LogP contribution is 2.14. The molecule has 116 valence electrons. The molecule has 0 fully saturated rings. The molecule has 0 aliphatic carbocycles. The Hall–Kier alpha value is -1.10. The third-order valence-corrected chi connectivity index (χ3v) is 4.38. The summed E-state index contributed by atoms with van der Waals surface area (Å²) < 4.78 is 5.65. The van der Waals surface area contributed by atoms with Gasteiger partial charge in [-0.05, 0) is 43.4 Å². The van der Waals surface area contributed by atoms with Crippen LogP contribution in [0.3, 0.4) is 0 Å². The van der Waals surface area contributed by atoms with Crippen molar-refractivity contribution in [1.82, 2.24) is 10.2 Å². The van der Waals surface area contributed by atoms with Crippen LogP contribution < -0.4 is 5.32 Å². The summed E-state index contributed by atoms with van der Waals surface area (Å²) in [6.45, 7) is 8.31. The number of rotatable bonds is 9. The molecule has 0 saturated heterocycles. The average Bonchev–Trinajstić information content (AvgIpc) is 3.08. The van der Waals surface area contributed by atoms with Crippen molar-refractivity contribution in [1.29, 1.82) is 0 Å². The van der Waals surface area contributed by atoms with Gasteiger partial charge < -0.3 is 9.73 Å². The van der Waals surface area contributed by atoms with Gasteiger partial charge in [0.05, 0.1) is 12.8 Å². The molecule has 2 aromatic rings. The molecule has 2 rings (SSSR count). The van der Waals surface area contributed by atoms with Gasteiger partial charge in [0, 0.05) is 23.5 Å². The highest BCUT2D eigenvalue weighted by Gasteiger charge is 2.09. The van der Waals surface area contributed by atoms with Crippen LogP contribution in [0.2, 0.25) is 0 Å². The third-order valence-electron chi connectivity index (χ3n) is 3.44. The van der Waals surface area contributed by atoms with Crippen LogP contribution in [0.5, 0.6) is 0 Å². The van der Waals surface area contributed by atoms with Crippen molar-refractivity contribution in [3.63, 3.8) is 0 Å². The molecular weight excluding hydrogens is 280 g/mol. The minimum absolute atomic E-state index is 0.675. The van der Waals surface area contributed by atoms with E-state index in [1.54, 1.807) is 6.26 Å². The van der Waals surface area contributed by atoms with Crippen LogP contribution in [0, 0.1) is 5.92 Å². The van der Waals surface area contributed by atoms with Gasteiger partial charge >= 0.3 is 0 Å². The number of likely N-dealkylation sites (N-methyl/N-ethyl adjacent to an activating group) is 1. The number of hydrogen-bond acceptors (Lipinski definition) is 4. The molecular formula is C17H26N2OS. The van der Waals surface area contributed by atoms with Gasteiger partial charge in [0.2, 0.25) is 0 Å². The second-order valence-electron chi connectivity index (χ2n) is 5.96. The molecule has 0 radical (unpaired) electrons. The Labute approximate surface area is 132 Å². The summed E-state index contributed by atoms with van der Waals surface area (Å²) in [5, 5.41) is 5.62. The van der Waals surface area contributed by atoms with Gasteiger partial charge in [0.15, 0.2) is 0 Å². The van der Waals surface area contributed by atoms with Gasteiger partial charge in [-0.1, -0.05) is 19.9 Å². The quantitative estimate of drug-likeness (QED) is 0.764. The van der Waals surface area contributed by atoms with E-state index in [9.17, 15) is 0 Å². The van der Waals surface area contributed by atoms with Crippen molar-refractivity contribution in [2.45, 2.75) is 33.4 Å². The molecule has 0 amide bonds. The highest BCUT2D eigenvalue weighted by molar-refractivity contribution is 7.09. The summed E-state index contributed by atoms with van der Waals surface area (Å²) in [7, 11) is 2.15. The monoisotopic (exact) mass is 306 g/mol. The minimum Gasteiger partial charge on any atom is -0.468 e. The molecule has 0 aliphatic heterocycles. The van der Waals surface area contributed by atoms with E-state index in [0.29, 0.717) is 5.92 Å². The average molecular weight is 306 g/mol. The van der Waals surface area contributed by atoms with Crippen molar-refractivity contribution in [3.05, 3.63) is 46.0 Å². The van der Waals surface area contributed by atoms with Gasteiger partial charge in [-0.25, -0.2) is 0 Å². The largest absolute Gasteiger partial charge is 0.468 e. The fraction of sp³-hybridized carbons (Fsp3) is 0.529. The Morgan fingerprint density at radius 3 is 2.90 bits per heavy atom. The van der Waals surface area contributed by atoms with E-state index in [4.69, 9.17) is 4.42 Å². The van der Waals surface area contributed by atoms with Crippen molar-refractivity contribution in [2.24, 2.45) is 5.92 Å². The molecule has 1 N–H and O–H groups in total. The summed E-state index contributed by atoms with van der Waals surface area (Å²) in [6.07, 6.45) is 2.91. The van der Waals surface area contributed by atoms with Crippen LogP contribution in [0.4, 0.5) is 0 Å². The van der Waals surface area contributed by atoms with Crippen molar-refractivity contribution in [3.8, 4) is 0 Å². The van der Waals surface area contributed by atoms with Gasteiger partial charge in [-0.2, -0.15) is 0 Å². The summed E-state index contributed by atoms with van der Waals surface area (Å²) in [6, 6.07) is 6.40. The summed E-state index contributed by atoms with van der Waals surface area (Å²) in [4.78, 5) is 3.77. The number of nitrogens with one attached hydrogen (secondary N) is 1.